The van der Waals surface area contributed by atoms with E-state index in [1.807, 2.05) is 12.1 Å². The Morgan fingerprint density at radius 1 is 1.50 bits per heavy atom. The third-order valence-corrected chi connectivity index (χ3v) is 2.71. The summed E-state index contributed by atoms with van der Waals surface area (Å²) in [5.74, 6) is -0.464. The summed E-state index contributed by atoms with van der Waals surface area (Å²) >= 11 is 0. The topological polar surface area (TPSA) is 75.5 Å². The van der Waals surface area contributed by atoms with Crippen LogP contribution in [0.5, 0.6) is 0 Å². The van der Waals surface area contributed by atoms with Crippen LogP contribution in [0.3, 0.4) is 0 Å². The van der Waals surface area contributed by atoms with Crippen LogP contribution in [0.15, 0.2) is 27.4 Å². The molecule has 2 aromatic rings. The van der Waals surface area contributed by atoms with E-state index >= 15 is 0 Å². The predicted octanol–water partition coefficient (Wildman–Crippen LogP) is 1.36. The second-order valence-electron chi connectivity index (χ2n) is 3.99. The van der Waals surface area contributed by atoms with Gasteiger partial charge in [0.15, 0.2) is 5.58 Å². The van der Waals surface area contributed by atoms with E-state index in [9.17, 15) is 9.59 Å². The van der Waals surface area contributed by atoms with Gasteiger partial charge in [-0.05, 0) is 24.1 Å². The Kier molecular flexibility index (Phi) is 3.36. The number of methoxy groups -OCH3 is 1. The van der Waals surface area contributed by atoms with Crippen LogP contribution < -0.4 is 5.76 Å². The highest BCUT2D eigenvalue weighted by Crippen LogP contribution is 2.12. The zero-order valence-corrected chi connectivity index (χ0v) is 10.2. The van der Waals surface area contributed by atoms with Gasteiger partial charge < -0.3 is 14.1 Å². The molecule has 1 aromatic carbocycles. The Labute approximate surface area is 103 Å². The van der Waals surface area contributed by atoms with Crippen molar-refractivity contribution in [2.75, 3.05) is 20.7 Å². The van der Waals surface area contributed by atoms with Crippen LogP contribution in [0.25, 0.3) is 11.1 Å². The Balaban J connectivity index is 2.08. The minimum absolute atomic E-state index is 0.368. The van der Waals surface area contributed by atoms with E-state index < -0.39 is 5.76 Å². The molecule has 0 unspecified atom stereocenters. The molecule has 0 saturated heterocycles. The molecule has 1 heterocycles. The smallest absolute Gasteiger partial charge is 0.417 e. The monoisotopic (exact) mass is 250 g/mol. The molecule has 0 aliphatic heterocycles. The summed E-state index contributed by atoms with van der Waals surface area (Å²) in [6, 6.07) is 5.44. The number of benzene rings is 1. The van der Waals surface area contributed by atoms with Crippen molar-refractivity contribution in [2.24, 2.45) is 0 Å². The van der Waals surface area contributed by atoms with E-state index in [1.165, 1.54) is 12.0 Å². The predicted molar refractivity (Wildman–Crippen MR) is 65.6 cm³/mol. The maximum absolute atomic E-state index is 11.2. The molecule has 0 atom stereocenters. The van der Waals surface area contributed by atoms with E-state index in [4.69, 9.17) is 4.42 Å². The number of nitrogens with one attached hydrogen (secondary N) is 1. The Morgan fingerprint density at radius 2 is 2.28 bits per heavy atom. The van der Waals surface area contributed by atoms with Gasteiger partial charge in [-0.15, -0.1) is 0 Å². The fourth-order valence-corrected chi connectivity index (χ4v) is 1.70. The summed E-state index contributed by atoms with van der Waals surface area (Å²) in [5, 5.41) is 0. The number of ether oxygens (including phenoxy) is 1. The molecule has 1 amide bonds. The van der Waals surface area contributed by atoms with Gasteiger partial charge in [0.2, 0.25) is 0 Å². The Hall–Kier alpha value is -2.24. The second-order valence-corrected chi connectivity index (χ2v) is 3.99. The number of aromatic amines is 1. The van der Waals surface area contributed by atoms with Crippen molar-refractivity contribution in [3.05, 3.63) is 34.3 Å². The number of H-pyrrole nitrogens is 1. The summed E-state index contributed by atoms with van der Waals surface area (Å²) in [4.78, 5) is 26.3. The molecule has 6 heteroatoms. The SMILES string of the molecule is COC(=O)N(C)CCc1ccc2oc(=O)[nH]c2c1. The number of aromatic nitrogens is 1. The van der Waals surface area contributed by atoms with Crippen LogP contribution in [0, 0.1) is 0 Å². The third kappa shape index (κ3) is 2.53. The number of carbonyl (C=O) groups excluding carboxylic acids is 1. The lowest BCUT2D eigenvalue weighted by atomic mass is 10.1. The van der Waals surface area contributed by atoms with Gasteiger partial charge in [-0.25, -0.2) is 9.59 Å². The summed E-state index contributed by atoms with van der Waals surface area (Å²) in [5.41, 5.74) is 2.21. The number of amides is 1. The molecule has 0 fully saturated rings. The van der Waals surface area contributed by atoms with Crippen molar-refractivity contribution in [1.29, 1.82) is 0 Å². The lowest BCUT2D eigenvalue weighted by Crippen LogP contribution is -2.28. The maximum atomic E-state index is 11.2. The largest absolute Gasteiger partial charge is 0.453 e. The van der Waals surface area contributed by atoms with E-state index in [-0.39, 0.29) is 6.09 Å². The van der Waals surface area contributed by atoms with E-state index in [1.54, 1.807) is 13.1 Å². The van der Waals surface area contributed by atoms with Gasteiger partial charge in [0, 0.05) is 13.6 Å². The Bertz CT molecular complexity index is 614. The first-order valence-corrected chi connectivity index (χ1v) is 5.51. The van der Waals surface area contributed by atoms with Gasteiger partial charge in [-0.3, -0.25) is 4.98 Å². The molecule has 0 bridgehead atoms. The molecule has 1 aromatic heterocycles. The molecule has 0 saturated carbocycles. The highest BCUT2D eigenvalue weighted by atomic mass is 16.5. The normalized spacial score (nSPS) is 10.6. The van der Waals surface area contributed by atoms with Crippen LogP contribution in [0.4, 0.5) is 4.79 Å². The zero-order chi connectivity index (χ0) is 13.1. The molecule has 1 N–H and O–H groups in total. The molecule has 96 valence electrons. The van der Waals surface area contributed by atoms with Crippen LogP contribution in [-0.4, -0.2) is 36.7 Å². The molecule has 2 rings (SSSR count). The first-order chi connectivity index (χ1) is 8.60. The third-order valence-electron chi connectivity index (χ3n) is 2.71. The van der Waals surface area contributed by atoms with Gasteiger partial charge >= 0.3 is 11.8 Å². The lowest BCUT2D eigenvalue weighted by Gasteiger charge is -2.14. The average molecular weight is 250 g/mol. The van der Waals surface area contributed by atoms with Gasteiger partial charge in [0.25, 0.3) is 0 Å². The van der Waals surface area contributed by atoms with Crippen molar-refractivity contribution in [2.45, 2.75) is 6.42 Å². The molecule has 0 aliphatic carbocycles. The average Bonchev–Trinajstić information content (AvgIpc) is 2.74. The molecular formula is C12H14N2O4. The first kappa shape index (κ1) is 12.2. The van der Waals surface area contributed by atoms with Crippen molar-refractivity contribution >= 4 is 17.2 Å². The number of carbonyl (C=O) groups is 1. The number of nitrogens with zero attached hydrogens (tertiary/aromatic N) is 1. The zero-order valence-electron chi connectivity index (χ0n) is 10.2. The van der Waals surface area contributed by atoms with Gasteiger partial charge in [-0.1, -0.05) is 6.07 Å². The first-order valence-electron chi connectivity index (χ1n) is 5.51. The molecular weight excluding hydrogens is 236 g/mol. The fraction of sp³-hybridized carbons (Fsp3) is 0.333. The molecule has 0 spiro atoms. The van der Waals surface area contributed by atoms with Crippen LogP contribution in [-0.2, 0) is 11.2 Å². The maximum Gasteiger partial charge on any atom is 0.417 e. The van der Waals surface area contributed by atoms with Gasteiger partial charge in [-0.2, -0.15) is 0 Å². The lowest BCUT2D eigenvalue weighted by molar-refractivity contribution is 0.134. The van der Waals surface area contributed by atoms with Crippen LogP contribution >= 0.6 is 0 Å². The number of oxazole rings is 1. The van der Waals surface area contributed by atoms with Crippen LogP contribution in [0.1, 0.15) is 5.56 Å². The van der Waals surface area contributed by atoms with Crippen molar-refractivity contribution in [3.63, 3.8) is 0 Å². The molecule has 0 aliphatic rings. The quantitative estimate of drug-likeness (QED) is 0.892. The van der Waals surface area contributed by atoms with Crippen LogP contribution in [0.2, 0.25) is 0 Å². The van der Waals surface area contributed by atoms with Gasteiger partial charge in [0.1, 0.15) is 0 Å². The fourth-order valence-electron chi connectivity index (χ4n) is 1.70. The standard InChI is InChI=1S/C12H14N2O4/c1-14(12(16)17-2)6-5-8-3-4-10-9(7-8)13-11(15)18-10/h3-4,7H,5-6H2,1-2H3,(H,13,15). The number of hydrogen-bond donors (Lipinski definition) is 1. The van der Waals surface area contributed by atoms with Crippen molar-refractivity contribution < 1.29 is 13.9 Å². The highest BCUT2D eigenvalue weighted by molar-refractivity contribution is 5.72. The number of hydrogen-bond acceptors (Lipinski definition) is 4. The molecule has 18 heavy (non-hydrogen) atoms. The van der Waals surface area contributed by atoms with Gasteiger partial charge in [0.05, 0.1) is 12.6 Å². The minimum Gasteiger partial charge on any atom is -0.453 e. The highest BCUT2D eigenvalue weighted by Gasteiger charge is 2.08. The molecule has 6 nitrogen and oxygen atoms in total. The van der Waals surface area contributed by atoms with Crippen molar-refractivity contribution in [1.82, 2.24) is 9.88 Å². The summed E-state index contributed by atoms with van der Waals surface area (Å²) < 4.78 is 9.51. The summed E-state index contributed by atoms with van der Waals surface area (Å²) in [6.45, 7) is 0.542. The molecule has 0 radical (unpaired) electrons. The van der Waals surface area contributed by atoms with E-state index in [0.29, 0.717) is 24.1 Å². The number of rotatable bonds is 3. The second kappa shape index (κ2) is 4.95. The summed E-state index contributed by atoms with van der Waals surface area (Å²) in [6.07, 6.45) is 0.308. The van der Waals surface area contributed by atoms with Crippen molar-refractivity contribution in [3.8, 4) is 0 Å². The number of likely N-dealkylation sites (N-methyl/N-ethyl adjacent to an activating group) is 1. The van der Waals surface area contributed by atoms with E-state index in [0.717, 1.165) is 5.56 Å². The summed E-state index contributed by atoms with van der Waals surface area (Å²) in [7, 11) is 3.02. The Morgan fingerprint density at radius 3 is 3.00 bits per heavy atom. The minimum atomic E-state index is -0.464. The number of fused-ring (bicyclic) bond motifs is 1. The van der Waals surface area contributed by atoms with E-state index in [2.05, 4.69) is 9.72 Å².